The quantitative estimate of drug-likeness (QED) is 0.661. The van der Waals surface area contributed by atoms with E-state index in [0.29, 0.717) is 25.5 Å². The van der Waals surface area contributed by atoms with Crippen molar-refractivity contribution >= 4 is 17.5 Å². The third kappa shape index (κ3) is 3.75. The van der Waals surface area contributed by atoms with Gasteiger partial charge >= 0.3 is 0 Å². The van der Waals surface area contributed by atoms with E-state index >= 15 is 0 Å². The molecule has 1 saturated carbocycles. The van der Waals surface area contributed by atoms with E-state index in [1.54, 1.807) is 0 Å². The third-order valence-corrected chi connectivity index (χ3v) is 4.56. The highest BCUT2D eigenvalue weighted by Gasteiger charge is 2.55. The molecule has 0 radical (unpaired) electrons. The lowest BCUT2D eigenvalue weighted by Crippen LogP contribution is -2.51. The van der Waals surface area contributed by atoms with Crippen LogP contribution in [0.3, 0.4) is 0 Å². The summed E-state index contributed by atoms with van der Waals surface area (Å²) in [6.45, 7) is 0.343. The maximum absolute atomic E-state index is 13.2. The summed E-state index contributed by atoms with van der Waals surface area (Å²) in [6, 6.07) is 0.993. The van der Waals surface area contributed by atoms with E-state index in [9.17, 15) is 28.5 Å². The molecule has 1 aromatic rings. The fourth-order valence-electron chi connectivity index (χ4n) is 3.21. The van der Waals surface area contributed by atoms with Gasteiger partial charge in [-0.2, -0.15) is 0 Å². The van der Waals surface area contributed by atoms with Gasteiger partial charge in [0.25, 0.3) is 0 Å². The van der Waals surface area contributed by atoms with Crippen molar-refractivity contribution in [2.24, 2.45) is 5.92 Å². The lowest BCUT2D eigenvalue weighted by molar-refractivity contribution is -0.497. The van der Waals surface area contributed by atoms with Gasteiger partial charge in [-0.1, -0.05) is 0 Å². The van der Waals surface area contributed by atoms with Gasteiger partial charge in [-0.05, 0) is 31.4 Å². The molecule has 3 atom stereocenters. The Balaban J connectivity index is 1.71. The zero-order valence-corrected chi connectivity index (χ0v) is 13.3. The maximum atomic E-state index is 13.2. The SMILES string of the molecule is O=C(Nc1cc(F)cc(F)c1)[C@@H]1CCCCN1C(=O)[C@@H]1C[C@H]1[N+](=O)[O-]. The van der Waals surface area contributed by atoms with Gasteiger partial charge in [-0.25, -0.2) is 8.78 Å². The zero-order chi connectivity index (χ0) is 18.1. The predicted molar refractivity (Wildman–Crippen MR) is 83.2 cm³/mol. The monoisotopic (exact) mass is 353 g/mol. The number of nitro groups is 1. The molecule has 0 unspecified atom stereocenters. The van der Waals surface area contributed by atoms with Gasteiger partial charge in [0.05, 0.1) is 0 Å². The summed E-state index contributed by atoms with van der Waals surface area (Å²) in [5, 5.41) is 13.2. The van der Waals surface area contributed by atoms with Crippen LogP contribution in [-0.4, -0.2) is 40.3 Å². The topological polar surface area (TPSA) is 92.6 Å². The lowest BCUT2D eigenvalue weighted by Gasteiger charge is -2.34. The minimum Gasteiger partial charge on any atom is -0.330 e. The fraction of sp³-hybridized carbons (Fsp3) is 0.500. The number of nitrogens with one attached hydrogen (secondary N) is 1. The molecule has 1 heterocycles. The standard InChI is InChI=1S/C16H17F2N3O4/c17-9-5-10(18)7-11(6-9)19-15(22)13-3-1-2-4-20(13)16(23)12-8-14(12)21(24)25/h5-7,12-14H,1-4,8H2,(H,19,22)/t12-,13+,14-/m1/s1. The van der Waals surface area contributed by atoms with Crippen LogP contribution in [0.25, 0.3) is 0 Å². The zero-order valence-electron chi connectivity index (χ0n) is 13.3. The maximum Gasteiger partial charge on any atom is 0.247 e. The van der Waals surface area contributed by atoms with E-state index in [1.807, 2.05) is 0 Å². The van der Waals surface area contributed by atoms with E-state index < -0.39 is 46.4 Å². The van der Waals surface area contributed by atoms with Crippen LogP contribution in [0, 0.1) is 27.7 Å². The smallest absolute Gasteiger partial charge is 0.247 e. The van der Waals surface area contributed by atoms with Crippen LogP contribution in [0.15, 0.2) is 18.2 Å². The van der Waals surface area contributed by atoms with Crippen LogP contribution >= 0.6 is 0 Å². The van der Waals surface area contributed by atoms with Gasteiger partial charge in [-0.15, -0.1) is 0 Å². The summed E-state index contributed by atoms with van der Waals surface area (Å²) in [6.07, 6.45) is 2.03. The van der Waals surface area contributed by atoms with Crippen LogP contribution in [0.5, 0.6) is 0 Å². The molecule has 2 aliphatic rings. The molecule has 25 heavy (non-hydrogen) atoms. The number of carbonyl (C=O) groups excluding carboxylic acids is 2. The average Bonchev–Trinajstić information content (AvgIpc) is 3.34. The van der Waals surface area contributed by atoms with E-state index in [-0.39, 0.29) is 12.1 Å². The van der Waals surface area contributed by atoms with Gasteiger partial charge in [0.15, 0.2) is 0 Å². The highest BCUT2D eigenvalue weighted by molar-refractivity contribution is 5.98. The predicted octanol–water partition coefficient (Wildman–Crippen LogP) is 1.95. The van der Waals surface area contributed by atoms with Crippen LogP contribution in [0.1, 0.15) is 25.7 Å². The van der Waals surface area contributed by atoms with Crippen molar-refractivity contribution in [1.29, 1.82) is 0 Å². The minimum atomic E-state index is -0.879. The number of hydrogen-bond acceptors (Lipinski definition) is 4. The van der Waals surface area contributed by atoms with Crippen molar-refractivity contribution in [3.8, 4) is 0 Å². The number of benzene rings is 1. The highest BCUT2D eigenvalue weighted by Crippen LogP contribution is 2.36. The third-order valence-electron chi connectivity index (χ3n) is 4.56. The second-order valence-corrected chi connectivity index (χ2v) is 6.39. The Morgan fingerprint density at radius 2 is 1.88 bits per heavy atom. The molecule has 1 aliphatic carbocycles. The minimum absolute atomic E-state index is 0.0323. The molecular formula is C16H17F2N3O4. The number of amides is 2. The summed E-state index contributed by atoms with van der Waals surface area (Å²) in [5.74, 6) is -3.27. The van der Waals surface area contributed by atoms with Crippen molar-refractivity contribution in [2.45, 2.75) is 37.8 Å². The number of piperidine rings is 1. The normalized spacial score (nSPS) is 25.4. The molecule has 1 N–H and O–H groups in total. The molecule has 2 amide bonds. The van der Waals surface area contributed by atoms with Crippen LogP contribution in [0.4, 0.5) is 14.5 Å². The van der Waals surface area contributed by atoms with Gasteiger partial charge in [-0.3, -0.25) is 19.7 Å². The second-order valence-electron chi connectivity index (χ2n) is 6.39. The molecule has 7 nitrogen and oxygen atoms in total. The number of carbonyl (C=O) groups is 2. The first kappa shape index (κ1) is 17.2. The lowest BCUT2D eigenvalue weighted by atomic mass is 10.0. The summed E-state index contributed by atoms with van der Waals surface area (Å²) in [7, 11) is 0. The van der Waals surface area contributed by atoms with Gasteiger partial charge < -0.3 is 10.2 Å². The molecular weight excluding hydrogens is 336 g/mol. The van der Waals surface area contributed by atoms with Crippen molar-refractivity contribution in [2.75, 3.05) is 11.9 Å². The first-order valence-corrected chi connectivity index (χ1v) is 8.08. The average molecular weight is 353 g/mol. The van der Waals surface area contributed by atoms with E-state index in [0.717, 1.165) is 18.6 Å². The summed E-state index contributed by atoms with van der Waals surface area (Å²) in [4.78, 5) is 36.6. The van der Waals surface area contributed by atoms with Crippen LogP contribution in [0.2, 0.25) is 0 Å². The molecule has 134 valence electrons. The Morgan fingerprint density at radius 3 is 2.48 bits per heavy atom. The van der Waals surface area contributed by atoms with Gasteiger partial charge in [0.1, 0.15) is 23.6 Å². The van der Waals surface area contributed by atoms with Crippen LogP contribution in [-0.2, 0) is 9.59 Å². The first-order chi connectivity index (χ1) is 11.9. The molecule has 0 bridgehead atoms. The molecule has 1 saturated heterocycles. The number of hydrogen-bond donors (Lipinski definition) is 1. The Bertz CT molecular complexity index is 707. The van der Waals surface area contributed by atoms with Gasteiger partial charge in [0, 0.05) is 29.6 Å². The summed E-state index contributed by atoms with van der Waals surface area (Å²) in [5.41, 5.74) is -0.0323. The largest absolute Gasteiger partial charge is 0.330 e. The Morgan fingerprint density at radius 1 is 1.20 bits per heavy atom. The Labute approximate surface area is 142 Å². The first-order valence-electron chi connectivity index (χ1n) is 8.08. The summed E-state index contributed by atoms with van der Waals surface area (Å²) < 4.78 is 26.5. The fourth-order valence-corrected chi connectivity index (χ4v) is 3.21. The second kappa shape index (κ2) is 6.73. The van der Waals surface area contributed by atoms with Crippen LogP contribution < -0.4 is 5.32 Å². The van der Waals surface area contributed by atoms with Crippen molar-refractivity contribution in [3.05, 3.63) is 39.9 Å². The number of likely N-dealkylation sites (tertiary alicyclic amines) is 1. The number of halogens is 2. The number of rotatable bonds is 4. The van der Waals surface area contributed by atoms with Crippen molar-refractivity contribution in [3.63, 3.8) is 0 Å². The molecule has 1 aliphatic heterocycles. The number of nitrogens with zero attached hydrogens (tertiary/aromatic N) is 2. The Kier molecular flexibility index (Phi) is 4.65. The molecule has 3 rings (SSSR count). The van der Waals surface area contributed by atoms with E-state index in [4.69, 9.17) is 0 Å². The molecule has 1 aromatic carbocycles. The molecule has 0 spiro atoms. The molecule has 0 aromatic heterocycles. The van der Waals surface area contributed by atoms with Gasteiger partial charge in [0.2, 0.25) is 17.9 Å². The van der Waals surface area contributed by atoms with E-state index in [1.165, 1.54) is 4.90 Å². The molecule has 9 heteroatoms. The van der Waals surface area contributed by atoms with E-state index in [2.05, 4.69) is 5.32 Å². The Hall–Kier alpha value is -2.58. The summed E-state index contributed by atoms with van der Waals surface area (Å²) >= 11 is 0. The van der Waals surface area contributed by atoms with Crippen molar-refractivity contribution in [1.82, 2.24) is 4.90 Å². The number of anilines is 1. The van der Waals surface area contributed by atoms with Crippen molar-refractivity contribution < 1.29 is 23.3 Å². The molecule has 2 fully saturated rings. The highest BCUT2D eigenvalue weighted by atomic mass is 19.1.